The molecule has 3 aliphatic carbocycles. The fourth-order valence-electron chi connectivity index (χ4n) is 5.82. The number of carboxylic acids is 1. The van der Waals surface area contributed by atoms with Gasteiger partial charge in [-0.25, -0.2) is 19.4 Å². The average molecular weight is 504 g/mol. The highest BCUT2D eigenvalue weighted by Gasteiger charge is 2.47. The lowest BCUT2D eigenvalue weighted by Crippen LogP contribution is -2.51. The molecule has 0 amide bonds. The summed E-state index contributed by atoms with van der Waals surface area (Å²) >= 11 is 0. The molecule has 0 spiro atoms. The molecule has 2 atom stereocenters. The van der Waals surface area contributed by atoms with Crippen molar-refractivity contribution >= 4 is 30.4 Å². The highest BCUT2D eigenvalue weighted by molar-refractivity contribution is 5.81. The number of H-pyrrole nitrogens is 1. The zero-order chi connectivity index (χ0) is 26.1. The summed E-state index contributed by atoms with van der Waals surface area (Å²) in [6.45, 7) is 4.93. The summed E-state index contributed by atoms with van der Waals surface area (Å²) in [5.74, 6) is 0.832. The van der Waals surface area contributed by atoms with Gasteiger partial charge in [0.05, 0.1) is 24.5 Å². The van der Waals surface area contributed by atoms with Gasteiger partial charge in [0.15, 0.2) is 5.82 Å². The van der Waals surface area contributed by atoms with Gasteiger partial charge in [-0.15, -0.1) is 0 Å². The summed E-state index contributed by atoms with van der Waals surface area (Å²) in [6, 6.07) is 9.11. The lowest BCUT2D eigenvalue weighted by molar-refractivity contribution is -0.148. The van der Waals surface area contributed by atoms with Crippen LogP contribution in [0.3, 0.4) is 0 Å². The van der Waals surface area contributed by atoms with Crippen LogP contribution in [0.5, 0.6) is 5.75 Å². The largest absolute Gasteiger partial charge is 0.497 e. The minimum Gasteiger partial charge on any atom is -0.497 e. The number of allylic oxidation sites excluding steroid dienone is 1. The van der Waals surface area contributed by atoms with Crippen LogP contribution in [-0.4, -0.2) is 45.9 Å². The molecule has 192 valence electrons. The van der Waals surface area contributed by atoms with Crippen LogP contribution < -0.4 is 10.1 Å². The van der Waals surface area contributed by atoms with Crippen molar-refractivity contribution in [2.75, 3.05) is 12.4 Å². The van der Waals surface area contributed by atoms with E-state index in [1.807, 2.05) is 30.3 Å². The van der Waals surface area contributed by atoms with Crippen LogP contribution in [0.2, 0.25) is 0 Å². The summed E-state index contributed by atoms with van der Waals surface area (Å²) in [4.78, 5) is 28.8. The van der Waals surface area contributed by atoms with Crippen molar-refractivity contribution in [3.63, 3.8) is 0 Å². The summed E-state index contributed by atoms with van der Waals surface area (Å²) in [5.41, 5.74) is 2.54. The fraction of sp³-hybridized carbons (Fsp3) is 0.357. The third-order valence-electron chi connectivity index (χ3n) is 7.57. The third kappa shape index (κ3) is 4.85. The van der Waals surface area contributed by atoms with Crippen molar-refractivity contribution in [1.82, 2.24) is 15.0 Å². The van der Waals surface area contributed by atoms with E-state index in [0.717, 1.165) is 37.0 Å². The van der Waals surface area contributed by atoms with E-state index in [0.29, 0.717) is 34.3 Å². The van der Waals surface area contributed by atoms with Crippen molar-refractivity contribution in [2.45, 2.75) is 38.6 Å². The molecule has 3 aromatic rings. The van der Waals surface area contributed by atoms with Crippen LogP contribution in [-0.2, 0) is 4.79 Å². The number of carboxylic acid groups (broad SMARTS) is 1. The van der Waals surface area contributed by atoms with Gasteiger partial charge in [-0.1, -0.05) is 0 Å². The number of carbonyl (C=O) groups is 1. The third-order valence-corrected chi connectivity index (χ3v) is 7.57. The molecule has 3 saturated carbocycles. The van der Waals surface area contributed by atoms with Gasteiger partial charge in [-0.2, -0.15) is 0 Å². The molecule has 3 N–H and O–H groups in total. The second-order valence-electron chi connectivity index (χ2n) is 9.75. The minimum atomic E-state index is -0.769. The van der Waals surface area contributed by atoms with Crippen LogP contribution in [0, 0.1) is 17.8 Å². The number of ether oxygens (including phenoxy) is 1. The topological polar surface area (TPSA) is 112 Å². The number of aliphatic carboxylic acids is 1. The predicted octanol–water partition coefficient (Wildman–Crippen LogP) is 6.11. The predicted molar refractivity (Wildman–Crippen MR) is 142 cm³/mol. The Morgan fingerprint density at radius 1 is 1.22 bits per heavy atom. The maximum atomic E-state index is 14.0. The first kappa shape index (κ1) is 24.7. The number of hydrogen-bond acceptors (Lipinski definition) is 6. The van der Waals surface area contributed by atoms with Gasteiger partial charge in [0.1, 0.15) is 17.4 Å². The molecular weight excluding hydrogens is 473 g/mol. The second-order valence-corrected chi connectivity index (χ2v) is 9.75. The number of hydrogen-bond donors (Lipinski definition) is 3. The number of nitrogens with one attached hydrogen (secondary N) is 2. The van der Waals surface area contributed by atoms with Gasteiger partial charge < -0.3 is 20.1 Å². The number of aromatic nitrogens is 3. The van der Waals surface area contributed by atoms with Gasteiger partial charge in [0.2, 0.25) is 0 Å². The molecule has 2 bridgehead atoms. The molecular formula is C28H30FN5O3. The molecule has 0 radical (unpaired) electrons. The van der Waals surface area contributed by atoms with Gasteiger partial charge in [0.25, 0.3) is 0 Å². The molecule has 0 saturated heterocycles. The molecule has 3 aliphatic rings. The Kier molecular flexibility index (Phi) is 6.78. The van der Waals surface area contributed by atoms with Gasteiger partial charge in [-0.05, 0) is 81.5 Å². The number of rotatable bonds is 8. The van der Waals surface area contributed by atoms with Gasteiger partial charge in [0, 0.05) is 35.0 Å². The molecule has 2 unspecified atom stereocenters. The molecule has 2 heterocycles. The lowest BCUT2D eigenvalue weighted by Gasteiger charge is -2.47. The molecule has 37 heavy (non-hydrogen) atoms. The van der Waals surface area contributed by atoms with E-state index in [1.54, 1.807) is 13.3 Å². The Balaban J connectivity index is 1.61. The Morgan fingerprint density at radius 3 is 2.54 bits per heavy atom. The Labute approximate surface area is 214 Å². The summed E-state index contributed by atoms with van der Waals surface area (Å²) in [5, 5.41) is 13.5. The number of methoxy groups -OCH3 is 1. The van der Waals surface area contributed by atoms with Crippen LogP contribution in [0.1, 0.15) is 38.2 Å². The normalized spacial score (nSPS) is 23.1. The van der Waals surface area contributed by atoms with E-state index in [4.69, 9.17) is 14.7 Å². The SMILES string of the molecule is C=Nc1[nH]cc(-c2nc(NC3C4CCC(CC4)C3C(=O)O)cc(-c3ccc(OC)cc3)n2)c1/C=C(\C)F. The van der Waals surface area contributed by atoms with Crippen LogP contribution >= 0.6 is 0 Å². The first-order chi connectivity index (χ1) is 17.9. The number of fused-ring (bicyclic) bond motifs is 3. The van der Waals surface area contributed by atoms with E-state index in [9.17, 15) is 14.3 Å². The summed E-state index contributed by atoms with van der Waals surface area (Å²) in [6.07, 6.45) is 6.96. The van der Waals surface area contributed by atoms with E-state index in [-0.39, 0.29) is 17.9 Å². The Hall–Kier alpha value is -4.01. The van der Waals surface area contributed by atoms with E-state index in [1.165, 1.54) is 13.0 Å². The number of benzene rings is 1. The first-order valence-corrected chi connectivity index (χ1v) is 12.4. The number of nitrogens with zero attached hydrogens (tertiary/aromatic N) is 3. The minimum absolute atomic E-state index is 0.164. The van der Waals surface area contributed by atoms with Crippen LogP contribution in [0.15, 0.2) is 47.3 Å². The molecule has 8 nitrogen and oxygen atoms in total. The van der Waals surface area contributed by atoms with Crippen LogP contribution in [0.4, 0.5) is 16.0 Å². The number of aliphatic imine (C=N–C) groups is 1. The van der Waals surface area contributed by atoms with Crippen LogP contribution in [0.25, 0.3) is 28.7 Å². The molecule has 3 fully saturated rings. The molecule has 0 aliphatic heterocycles. The Bertz CT molecular complexity index is 1340. The first-order valence-electron chi connectivity index (χ1n) is 12.4. The standard InChI is InChI=1S/C28H30FN5O3/c1-15(29)12-20-21(14-31-26(20)30-2)27-32-22(16-8-10-19(37-3)11-9-16)13-23(34-27)33-25-18-6-4-17(5-7-18)24(25)28(35)36/h8-14,17-18,24-25,31H,2,4-7H2,1,3H3,(H,35,36)(H,32,33,34)/b15-12+. The zero-order valence-corrected chi connectivity index (χ0v) is 20.9. The van der Waals surface area contributed by atoms with Crippen molar-refractivity contribution in [3.05, 3.63) is 47.9 Å². The highest BCUT2D eigenvalue weighted by Crippen LogP contribution is 2.46. The van der Waals surface area contributed by atoms with E-state index in [2.05, 4.69) is 22.0 Å². The van der Waals surface area contributed by atoms with E-state index < -0.39 is 17.7 Å². The number of aromatic amines is 1. The van der Waals surface area contributed by atoms with Crippen molar-refractivity contribution in [2.24, 2.45) is 22.7 Å². The smallest absolute Gasteiger partial charge is 0.308 e. The monoisotopic (exact) mass is 503 g/mol. The molecule has 9 heteroatoms. The Morgan fingerprint density at radius 2 is 1.92 bits per heavy atom. The van der Waals surface area contributed by atoms with Gasteiger partial charge in [-0.3, -0.25) is 4.79 Å². The molecule has 1 aromatic carbocycles. The summed E-state index contributed by atoms with van der Waals surface area (Å²) < 4.78 is 19.2. The molecule has 6 rings (SSSR count). The maximum Gasteiger partial charge on any atom is 0.308 e. The van der Waals surface area contributed by atoms with Gasteiger partial charge >= 0.3 is 5.97 Å². The van der Waals surface area contributed by atoms with E-state index >= 15 is 0 Å². The van der Waals surface area contributed by atoms with Crippen molar-refractivity contribution in [1.29, 1.82) is 0 Å². The molecule has 2 aromatic heterocycles. The quantitative estimate of drug-likeness (QED) is 0.320. The second kappa shape index (κ2) is 10.2. The number of halogens is 1. The van der Waals surface area contributed by atoms with Crippen molar-refractivity contribution in [3.8, 4) is 28.4 Å². The maximum absolute atomic E-state index is 14.0. The fourth-order valence-corrected chi connectivity index (χ4v) is 5.82. The highest BCUT2D eigenvalue weighted by atomic mass is 19.1. The lowest BCUT2D eigenvalue weighted by atomic mass is 9.61. The zero-order valence-electron chi connectivity index (χ0n) is 20.9. The average Bonchev–Trinajstić information content (AvgIpc) is 3.30. The number of anilines is 1. The summed E-state index contributed by atoms with van der Waals surface area (Å²) in [7, 11) is 1.61. The van der Waals surface area contributed by atoms with Crippen molar-refractivity contribution < 1.29 is 19.0 Å².